The minimum Gasteiger partial charge on any atom is -0.438 e. The molecule has 0 unspecified atom stereocenters. The van der Waals surface area contributed by atoms with E-state index in [9.17, 15) is 4.39 Å². The fourth-order valence-corrected chi connectivity index (χ4v) is 1.87. The predicted molar refractivity (Wildman–Crippen MR) is 67.2 cm³/mol. The van der Waals surface area contributed by atoms with Crippen LogP contribution < -0.4 is 4.74 Å². The smallest absolute Gasteiger partial charge is 0.237 e. The third-order valence-corrected chi connectivity index (χ3v) is 2.87. The molecule has 3 aromatic rings. The van der Waals surface area contributed by atoms with E-state index in [0.29, 0.717) is 17.3 Å². The first-order chi connectivity index (χ1) is 8.72. The van der Waals surface area contributed by atoms with E-state index in [-0.39, 0.29) is 5.82 Å². The van der Waals surface area contributed by atoms with Crippen molar-refractivity contribution in [1.29, 1.82) is 0 Å². The van der Waals surface area contributed by atoms with Crippen LogP contribution in [0, 0.1) is 5.82 Å². The molecule has 0 spiro atoms. The van der Waals surface area contributed by atoms with Gasteiger partial charge in [-0.15, -0.1) is 5.10 Å². The SMILES string of the molecule is Fc1ccc(Oc2ccc3ncc(Br)n3n2)cc1. The van der Waals surface area contributed by atoms with E-state index in [0.717, 1.165) is 4.60 Å². The Bertz CT molecular complexity index is 696. The molecular weight excluding hydrogens is 301 g/mol. The second-order valence-corrected chi connectivity index (χ2v) is 4.39. The van der Waals surface area contributed by atoms with Gasteiger partial charge in [0.15, 0.2) is 5.65 Å². The number of imidazole rings is 1. The Balaban J connectivity index is 1.94. The number of ether oxygens (including phenoxy) is 1. The van der Waals surface area contributed by atoms with Gasteiger partial charge in [0, 0.05) is 6.07 Å². The van der Waals surface area contributed by atoms with Crippen molar-refractivity contribution < 1.29 is 9.13 Å². The standard InChI is InChI=1S/C12H7BrFN3O/c13-10-7-15-11-5-6-12(16-17(10)11)18-9-3-1-8(14)2-4-9/h1-7H. The molecule has 0 atom stereocenters. The summed E-state index contributed by atoms with van der Waals surface area (Å²) in [5.74, 6) is 0.635. The number of halogens is 2. The monoisotopic (exact) mass is 307 g/mol. The van der Waals surface area contributed by atoms with Crippen LogP contribution >= 0.6 is 15.9 Å². The molecule has 1 aromatic carbocycles. The number of rotatable bonds is 2. The number of aromatic nitrogens is 3. The van der Waals surface area contributed by atoms with Crippen molar-refractivity contribution in [3.8, 4) is 11.6 Å². The molecule has 0 bridgehead atoms. The average Bonchev–Trinajstić information content (AvgIpc) is 2.74. The van der Waals surface area contributed by atoms with E-state index in [4.69, 9.17) is 4.74 Å². The Hall–Kier alpha value is -1.95. The number of nitrogens with zero attached hydrogens (tertiary/aromatic N) is 3. The minimum absolute atomic E-state index is 0.303. The van der Waals surface area contributed by atoms with Gasteiger partial charge < -0.3 is 4.74 Å². The molecule has 0 fully saturated rings. The number of hydrogen-bond acceptors (Lipinski definition) is 3. The highest BCUT2D eigenvalue weighted by Crippen LogP contribution is 2.21. The van der Waals surface area contributed by atoms with Crippen LogP contribution in [-0.2, 0) is 0 Å². The first-order valence-corrected chi connectivity index (χ1v) is 5.95. The summed E-state index contributed by atoms with van der Waals surface area (Å²) < 4.78 is 20.6. The van der Waals surface area contributed by atoms with Crippen molar-refractivity contribution in [2.75, 3.05) is 0 Å². The molecule has 18 heavy (non-hydrogen) atoms. The minimum atomic E-state index is -0.303. The fourth-order valence-electron chi connectivity index (χ4n) is 1.51. The summed E-state index contributed by atoms with van der Waals surface area (Å²) in [7, 11) is 0. The van der Waals surface area contributed by atoms with Gasteiger partial charge >= 0.3 is 0 Å². The van der Waals surface area contributed by atoms with Crippen molar-refractivity contribution in [1.82, 2.24) is 14.6 Å². The largest absolute Gasteiger partial charge is 0.438 e. The van der Waals surface area contributed by atoms with Crippen LogP contribution in [0.3, 0.4) is 0 Å². The van der Waals surface area contributed by atoms with E-state index in [1.807, 2.05) is 0 Å². The third kappa shape index (κ3) is 2.06. The van der Waals surface area contributed by atoms with E-state index < -0.39 is 0 Å². The van der Waals surface area contributed by atoms with Crippen LogP contribution in [0.5, 0.6) is 11.6 Å². The molecule has 0 aliphatic heterocycles. The molecule has 0 aliphatic carbocycles. The zero-order valence-electron chi connectivity index (χ0n) is 9.05. The fraction of sp³-hybridized carbons (Fsp3) is 0. The maximum Gasteiger partial charge on any atom is 0.237 e. The zero-order chi connectivity index (χ0) is 12.5. The Labute approximate surface area is 110 Å². The number of benzene rings is 1. The molecule has 4 nitrogen and oxygen atoms in total. The Kier molecular flexibility index (Phi) is 2.71. The quantitative estimate of drug-likeness (QED) is 0.728. The topological polar surface area (TPSA) is 39.4 Å². The second kappa shape index (κ2) is 4.38. The van der Waals surface area contributed by atoms with Gasteiger partial charge in [-0.2, -0.15) is 0 Å². The molecule has 2 aromatic heterocycles. The predicted octanol–water partition coefficient (Wildman–Crippen LogP) is 3.42. The first kappa shape index (κ1) is 11.2. The molecule has 0 aliphatic rings. The molecule has 0 saturated carbocycles. The lowest BCUT2D eigenvalue weighted by atomic mass is 10.3. The highest BCUT2D eigenvalue weighted by Gasteiger charge is 2.04. The van der Waals surface area contributed by atoms with Gasteiger partial charge in [0.1, 0.15) is 16.2 Å². The van der Waals surface area contributed by atoms with Crippen molar-refractivity contribution in [2.24, 2.45) is 0 Å². The average molecular weight is 308 g/mol. The molecule has 0 amide bonds. The Morgan fingerprint density at radius 3 is 2.67 bits per heavy atom. The van der Waals surface area contributed by atoms with Crippen molar-refractivity contribution in [3.63, 3.8) is 0 Å². The van der Waals surface area contributed by atoms with Gasteiger partial charge in [0.25, 0.3) is 0 Å². The van der Waals surface area contributed by atoms with Gasteiger partial charge in [0.2, 0.25) is 5.88 Å². The number of hydrogen-bond donors (Lipinski definition) is 0. The lowest BCUT2D eigenvalue weighted by Gasteiger charge is -2.04. The highest BCUT2D eigenvalue weighted by atomic mass is 79.9. The Morgan fingerprint density at radius 1 is 1.11 bits per heavy atom. The first-order valence-electron chi connectivity index (χ1n) is 5.16. The summed E-state index contributed by atoms with van der Waals surface area (Å²) in [6.45, 7) is 0. The lowest BCUT2D eigenvalue weighted by Crippen LogP contribution is -1.95. The van der Waals surface area contributed by atoms with Crippen LogP contribution in [0.2, 0.25) is 0 Å². The summed E-state index contributed by atoms with van der Waals surface area (Å²) in [6.07, 6.45) is 1.66. The van der Waals surface area contributed by atoms with Crippen LogP contribution in [-0.4, -0.2) is 14.6 Å². The van der Waals surface area contributed by atoms with Gasteiger partial charge in [-0.3, -0.25) is 0 Å². The van der Waals surface area contributed by atoms with Gasteiger partial charge in [-0.25, -0.2) is 13.9 Å². The van der Waals surface area contributed by atoms with E-state index >= 15 is 0 Å². The van der Waals surface area contributed by atoms with Crippen molar-refractivity contribution in [2.45, 2.75) is 0 Å². The molecule has 2 heterocycles. The lowest BCUT2D eigenvalue weighted by molar-refractivity contribution is 0.450. The molecule has 6 heteroatoms. The van der Waals surface area contributed by atoms with Crippen LogP contribution in [0.4, 0.5) is 4.39 Å². The highest BCUT2D eigenvalue weighted by molar-refractivity contribution is 9.10. The zero-order valence-corrected chi connectivity index (χ0v) is 10.6. The van der Waals surface area contributed by atoms with Crippen LogP contribution in [0.25, 0.3) is 5.65 Å². The van der Waals surface area contributed by atoms with E-state index in [2.05, 4.69) is 26.0 Å². The molecule has 3 rings (SSSR count). The molecular formula is C12H7BrFN3O. The molecule has 0 radical (unpaired) electrons. The summed E-state index contributed by atoms with van der Waals surface area (Å²) in [5, 5.41) is 4.24. The second-order valence-electron chi connectivity index (χ2n) is 3.58. The van der Waals surface area contributed by atoms with Gasteiger partial charge in [0.05, 0.1) is 6.20 Å². The molecule has 90 valence electrons. The summed E-state index contributed by atoms with van der Waals surface area (Å²) >= 11 is 3.33. The number of fused-ring (bicyclic) bond motifs is 1. The summed E-state index contributed by atoms with van der Waals surface area (Å²) in [6, 6.07) is 9.26. The normalized spacial score (nSPS) is 10.8. The van der Waals surface area contributed by atoms with Crippen LogP contribution in [0.15, 0.2) is 47.2 Å². The van der Waals surface area contributed by atoms with Crippen LogP contribution in [0.1, 0.15) is 0 Å². The van der Waals surface area contributed by atoms with Gasteiger partial charge in [-0.1, -0.05) is 0 Å². The summed E-state index contributed by atoms with van der Waals surface area (Å²) in [4.78, 5) is 4.13. The maximum absolute atomic E-state index is 12.8. The third-order valence-electron chi connectivity index (χ3n) is 2.33. The summed E-state index contributed by atoms with van der Waals surface area (Å²) in [5.41, 5.74) is 0.716. The van der Waals surface area contributed by atoms with E-state index in [1.54, 1.807) is 35.0 Å². The van der Waals surface area contributed by atoms with E-state index in [1.165, 1.54) is 12.1 Å². The van der Waals surface area contributed by atoms with Crippen molar-refractivity contribution >= 4 is 21.6 Å². The maximum atomic E-state index is 12.8. The molecule has 0 N–H and O–H groups in total. The van der Waals surface area contributed by atoms with Crippen molar-refractivity contribution in [3.05, 3.63) is 53.0 Å². The van der Waals surface area contributed by atoms with Gasteiger partial charge in [-0.05, 0) is 46.3 Å². The molecule has 0 saturated heterocycles. The Morgan fingerprint density at radius 2 is 1.89 bits per heavy atom.